The van der Waals surface area contributed by atoms with Crippen LogP contribution in [-0.4, -0.2) is 50.1 Å². The van der Waals surface area contributed by atoms with Gasteiger partial charge in [0.15, 0.2) is 6.10 Å². The molecule has 1 saturated heterocycles. The summed E-state index contributed by atoms with van der Waals surface area (Å²) in [6, 6.07) is 0. The Morgan fingerprint density at radius 3 is 2.54 bits per heavy atom. The highest BCUT2D eigenvalue weighted by atomic mass is 32.2. The van der Waals surface area contributed by atoms with Crippen molar-refractivity contribution in [2.75, 3.05) is 0 Å². The summed E-state index contributed by atoms with van der Waals surface area (Å²) >= 11 is 0. The third-order valence-electron chi connectivity index (χ3n) is 5.17. The van der Waals surface area contributed by atoms with E-state index >= 15 is 0 Å². The van der Waals surface area contributed by atoms with Crippen molar-refractivity contribution in [1.29, 1.82) is 0 Å². The van der Waals surface area contributed by atoms with Crippen molar-refractivity contribution < 1.29 is 44.8 Å². The van der Waals surface area contributed by atoms with Crippen LogP contribution in [0.3, 0.4) is 0 Å². The van der Waals surface area contributed by atoms with E-state index in [4.69, 9.17) is 8.92 Å². The topological polar surface area (TPSA) is 96.0 Å². The molecule has 6 unspecified atom stereocenters. The number of esters is 2. The molecule has 0 amide bonds. The van der Waals surface area contributed by atoms with E-state index in [0.29, 0.717) is 19.3 Å². The number of rotatable bonds is 4. The lowest BCUT2D eigenvalue weighted by Gasteiger charge is -2.43. The molecule has 7 nitrogen and oxygen atoms in total. The van der Waals surface area contributed by atoms with Crippen LogP contribution in [0.2, 0.25) is 0 Å². The minimum atomic E-state index is -4.97. The number of ether oxygens (including phenoxy) is 2. The molecule has 4 aliphatic rings. The molecular weight excluding hydrogens is 381 g/mol. The van der Waals surface area contributed by atoms with Gasteiger partial charge in [0.2, 0.25) is 0 Å². The van der Waals surface area contributed by atoms with Crippen LogP contribution < -0.4 is 0 Å². The van der Waals surface area contributed by atoms with E-state index in [-0.39, 0.29) is 11.8 Å². The van der Waals surface area contributed by atoms with Gasteiger partial charge in [-0.2, -0.15) is 21.6 Å². The zero-order valence-electron chi connectivity index (χ0n) is 13.7. The first-order valence-electron chi connectivity index (χ1n) is 8.01. The number of fused-ring (bicyclic) bond motifs is 1. The Morgan fingerprint density at radius 2 is 1.92 bits per heavy atom. The van der Waals surface area contributed by atoms with E-state index < -0.39 is 57.4 Å². The van der Waals surface area contributed by atoms with Crippen LogP contribution in [-0.2, 0) is 33.4 Å². The number of hydrogen-bond donors (Lipinski definition) is 0. The summed E-state index contributed by atoms with van der Waals surface area (Å²) < 4.78 is 76.0. The zero-order valence-corrected chi connectivity index (χ0v) is 14.5. The van der Waals surface area contributed by atoms with Gasteiger partial charge in [0.1, 0.15) is 17.8 Å². The first-order valence-corrected chi connectivity index (χ1v) is 9.48. The SMILES string of the molecule is C=C(C(=O)OC(C)C(=O)OC1C2CCC3C1OS(=O)(=O)C3C2)C(F)(F)F. The molecule has 3 saturated carbocycles. The van der Waals surface area contributed by atoms with E-state index in [2.05, 4.69) is 11.3 Å². The fraction of sp³-hybridized carbons (Fsp3) is 0.733. The maximum Gasteiger partial charge on any atom is 0.422 e. The lowest BCUT2D eigenvalue weighted by Crippen LogP contribution is -2.52. The Hall–Kier alpha value is -1.62. The van der Waals surface area contributed by atoms with Gasteiger partial charge in [0.05, 0.1) is 5.25 Å². The molecule has 1 aliphatic heterocycles. The van der Waals surface area contributed by atoms with Crippen LogP contribution in [0.25, 0.3) is 0 Å². The molecule has 0 aromatic heterocycles. The quantitative estimate of drug-likeness (QED) is 0.402. The maximum atomic E-state index is 12.4. The summed E-state index contributed by atoms with van der Waals surface area (Å²) in [5, 5.41) is -0.605. The van der Waals surface area contributed by atoms with Crippen LogP contribution in [0.5, 0.6) is 0 Å². The van der Waals surface area contributed by atoms with Gasteiger partial charge in [0, 0.05) is 5.92 Å². The molecule has 11 heteroatoms. The van der Waals surface area contributed by atoms with Crippen molar-refractivity contribution in [3.05, 3.63) is 12.2 Å². The highest BCUT2D eigenvalue weighted by Crippen LogP contribution is 2.52. The Morgan fingerprint density at radius 1 is 1.27 bits per heavy atom. The molecule has 0 aromatic carbocycles. The minimum Gasteiger partial charge on any atom is -0.457 e. The molecule has 4 bridgehead atoms. The maximum absolute atomic E-state index is 12.4. The van der Waals surface area contributed by atoms with E-state index in [1.54, 1.807) is 0 Å². The molecule has 0 aromatic rings. The van der Waals surface area contributed by atoms with E-state index in [9.17, 15) is 31.2 Å². The molecule has 6 atom stereocenters. The second-order valence-electron chi connectivity index (χ2n) is 6.75. The summed E-state index contributed by atoms with van der Waals surface area (Å²) in [5.74, 6) is -3.32. The van der Waals surface area contributed by atoms with Crippen molar-refractivity contribution in [2.24, 2.45) is 11.8 Å². The summed E-state index contributed by atoms with van der Waals surface area (Å²) in [4.78, 5) is 23.5. The standard InChI is InChI=1S/C15H17F3O7S/c1-6(15(16,17)18)13(19)23-7(2)14(20)24-11-8-3-4-9-10(5-8)26(21,22)25-12(9)11/h7-12H,1,3-5H2,2H3. The highest BCUT2D eigenvalue weighted by Gasteiger charge is 2.62. The third kappa shape index (κ3) is 3.22. The first-order chi connectivity index (χ1) is 11.9. The third-order valence-corrected chi connectivity index (χ3v) is 6.94. The Balaban J connectivity index is 1.63. The number of carbonyl (C=O) groups is 2. The fourth-order valence-electron chi connectivity index (χ4n) is 3.84. The number of halogens is 3. The van der Waals surface area contributed by atoms with Crippen molar-refractivity contribution in [3.63, 3.8) is 0 Å². The molecule has 4 rings (SSSR count). The van der Waals surface area contributed by atoms with Gasteiger partial charge >= 0.3 is 18.1 Å². The van der Waals surface area contributed by atoms with Gasteiger partial charge < -0.3 is 9.47 Å². The molecule has 0 N–H and O–H groups in total. The molecular formula is C15H17F3O7S. The van der Waals surface area contributed by atoms with Crippen LogP contribution in [0.1, 0.15) is 26.2 Å². The molecule has 146 valence electrons. The van der Waals surface area contributed by atoms with Crippen molar-refractivity contribution in [3.8, 4) is 0 Å². The predicted octanol–water partition coefficient (Wildman–Crippen LogP) is 1.48. The van der Waals surface area contributed by atoms with Gasteiger partial charge in [-0.1, -0.05) is 6.58 Å². The van der Waals surface area contributed by atoms with Crippen molar-refractivity contribution >= 4 is 22.1 Å². The number of alkyl halides is 3. The molecule has 0 spiro atoms. The van der Waals surface area contributed by atoms with Gasteiger partial charge in [0.25, 0.3) is 10.1 Å². The molecule has 3 aliphatic carbocycles. The zero-order chi connectivity index (χ0) is 19.4. The summed E-state index contributed by atoms with van der Waals surface area (Å²) in [5.41, 5.74) is -1.73. The van der Waals surface area contributed by atoms with E-state index in [1.807, 2.05) is 0 Å². The first kappa shape index (κ1) is 19.2. The van der Waals surface area contributed by atoms with Gasteiger partial charge in [-0.3, -0.25) is 4.18 Å². The normalized spacial score (nSPS) is 35.6. The summed E-state index contributed by atoms with van der Waals surface area (Å²) in [6.07, 6.45) is -6.59. The summed E-state index contributed by atoms with van der Waals surface area (Å²) in [7, 11) is -3.70. The van der Waals surface area contributed by atoms with E-state index in [1.165, 1.54) is 0 Å². The molecule has 1 heterocycles. The second kappa shape index (κ2) is 6.22. The monoisotopic (exact) mass is 398 g/mol. The van der Waals surface area contributed by atoms with Crippen LogP contribution in [0.15, 0.2) is 12.2 Å². The molecule has 0 radical (unpaired) electrons. The Labute approximate surface area is 147 Å². The Bertz CT molecular complexity index is 745. The fourth-order valence-corrected chi connectivity index (χ4v) is 5.75. The van der Waals surface area contributed by atoms with Gasteiger partial charge in [-0.25, -0.2) is 9.59 Å². The Kier molecular flexibility index (Phi) is 4.58. The average Bonchev–Trinajstić information content (AvgIpc) is 2.76. The predicted molar refractivity (Wildman–Crippen MR) is 79.0 cm³/mol. The number of carbonyl (C=O) groups excluding carboxylic acids is 2. The molecule has 26 heavy (non-hydrogen) atoms. The molecule has 4 fully saturated rings. The van der Waals surface area contributed by atoms with Gasteiger partial charge in [-0.05, 0) is 32.1 Å². The lowest BCUT2D eigenvalue weighted by molar-refractivity contribution is -0.183. The largest absolute Gasteiger partial charge is 0.457 e. The second-order valence-corrected chi connectivity index (χ2v) is 8.54. The van der Waals surface area contributed by atoms with E-state index in [0.717, 1.165) is 6.92 Å². The van der Waals surface area contributed by atoms with Crippen molar-refractivity contribution in [2.45, 2.75) is 55.9 Å². The minimum absolute atomic E-state index is 0.218. The smallest absolute Gasteiger partial charge is 0.422 e. The van der Waals surface area contributed by atoms with Gasteiger partial charge in [-0.15, -0.1) is 0 Å². The van der Waals surface area contributed by atoms with Crippen molar-refractivity contribution in [1.82, 2.24) is 0 Å². The van der Waals surface area contributed by atoms with Crippen LogP contribution >= 0.6 is 0 Å². The highest BCUT2D eigenvalue weighted by molar-refractivity contribution is 7.87. The lowest BCUT2D eigenvalue weighted by atomic mass is 9.67. The van der Waals surface area contributed by atoms with Crippen LogP contribution in [0, 0.1) is 11.8 Å². The number of hydrogen-bond acceptors (Lipinski definition) is 7. The summed E-state index contributed by atoms with van der Waals surface area (Å²) in [6.45, 7) is 3.66. The van der Waals surface area contributed by atoms with Crippen LogP contribution in [0.4, 0.5) is 13.2 Å². The average molecular weight is 398 g/mol.